The lowest BCUT2D eigenvalue weighted by molar-refractivity contribution is -0.162. The maximum absolute atomic E-state index is 15.1. The Morgan fingerprint density at radius 2 is 1.47 bits per heavy atom. The fourth-order valence-electron chi connectivity index (χ4n) is 10.8. The van der Waals surface area contributed by atoms with Gasteiger partial charge in [-0.05, 0) is 99.7 Å². The van der Waals surface area contributed by atoms with Crippen molar-refractivity contribution in [2.45, 2.75) is 195 Å². The van der Waals surface area contributed by atoms with Crippen LogP contribution in [0.1, 0.15) is 140 Å². The first-order valence-electron chi connectivity index (χ1n) is 28.2. The summed E-state index contributed by atoms with van der Waals surface area (Å²) >= 11 is 0. The number of carbonyl (C=O) groups is 11. The van der Waals surface area contributed by atoms with Gasteiger partial charge in [-0.15, -0.1) is 0 Å². The number of fused-ring (bicyclic) bond motifs is 1. The summed E-state index contributed by atoms with van der Waals surface area (Å²) in [4.78, 5) is 161. The molecule has 21 heteroatoms. The van der Waals surface area contributed by atoms with Gasteiger partial charge in [0.15, 0.2) is 11.9 Å². The summed E-state index contributed by atoms with van der Waals surface area (Å²) in [5.41, 5.74) is 0.594. The Hall–Kier alpha value is -6.41. The molecule has 0 spiro atoms. The highest BCUT2D eigenvalue weighted by Gasteiger charge is 2.46. The van der Waals surface area contributed by atoms with Gasteiger partial charge in [-0.1, -0.05) is 80.9 Å². The number of hydrogen-bond donors (Lipinski definition) is 3. The predicted octanol–water partition coefficient (Wildman–Crippen LogP) is 3.80. The monoisotopic (exact) mass is 1110 g/mol. The molecular formula is C58H89N7O14. The minimum absolute atomic E-state index is 0.0945. The normalized spacial score (nSPS) is 27.2. The molecule has 21 nitrogen and oxygen atoms in total. The van der Waals surface area contributed by atoms with Crippen LogP contribution in [0.3, 0.4) is 0 Å². The fraction of sp³-hybridized carbons (Fsp3) is 0.707. The Bertz CT molecular complexity index is 2380. The molecule has 0 radical (unpaired) electrons. The summed E-state index contributed by atoms with van der Waals surface area (Å²) in [5.74, 6) is -10.8. The smallest absolute Gasteiger partial charge is 0.329 e. The van der Waals surface area contributed by atoms with Crippen LogP contribution in [0.5, 0.6) is 5.75 Å². The van der Waals surface area contributed by atoms with Crippen molar-refractivity contribution in [3.05, 3.63) is 29.8 Å². The molecule has 1 aromatic carbocycles. The number of carbonyl (C=O) groups excluding carboxylic acids is 11. The number of esters is 2. The number of ketones is 2. The van der Waals surface area contributed by atoms with Crippen molar-refractivity contribution in [2.24, 2.45) is 35.5 Å². The standard InChI is InChI=1S/C58H89N7O14/c1-16-34(8)47-35(9)29-46(67)79-50(33(6)7)49(68)36(10)51(69)59-41(27-31(2)3)55(73)65-26-18-20-43(65)57(75)63(14)45(30-39-21-23-40(77-15)24-22-39)58(76)78-38(12)48(53(71)60-47)61-52(70)44(28-32(4)5)62(13)56(74)42-19-17-25-64(42)54(72)37(11)66/h21-24,31-36,38,41-45,47-48,50H,16-20,25-30H2,1-15H3,(H,59,69)(H,60,71)(H,61,70)/t34-,35-,36-,38+,41-,42-,43-,44-,45-,47+,48-,50-/m0/s1. The van der Waals surface area contributed by atoms with Crippen LogP contribution in [-0.4, -0.2) is 173 Å². The summed E-state index contributed by atoms with van der Waals surface area (Å²) in [6, 6.07) is -1.50. The van der Waals surface area contributed by atoms with Crippen LogP contribution in [0.4, 0.5) is 0 Å². The van der Waals surface area contributed by atoms with Crippen LogP contribution in [0, 0.1) is 35.5 Å². The minimum atomic E-state index is -1.66. The Labute approximate surface area is 466 Å². The second kappa shape index (κ2) is 29.2. The number of likely N-dealkylation sites (tertiary alicyclic amines) is 1. The second-order valence-corrected chi connectivity index (χ2v) is 23.2. The van der Waals surface area contributed by atoms with Gasteiger partial charge in [-0.3, -0.25) is 47.9 Å². The molecule has 3 aliphatic rings. The summed E-state index contributed by atoms with van der Waals surface area (Å²) < 4.78 is 17.5. The Morgan fingerprint density at radius 1 is 0.835 bits per heavy atom. The van der Waals surface area contributed by atoms with Crippen molar-refractivity contribution >= 4 is 64.9 Å². The van der Waals surface area contributed by atoms with E-state index in [0.717, 1.165) is 6.92 Å². The maximum atomic E-state index is 15.1. The van der Waals surface area contributed by atoms with E-state index in [1.807, 2.05) is 41.5 Å². The quantitative estimate of drug-likeness (QED) is 0.128. The van der Waals surface area contributed by atoms with Gasteiger partial charge in [0, 0.05) is 46.6 Å². The predicted molar refractivity (Wildman–Crippen MR) is 292 cm³/mol. The van der Waals surface area contributed by atoms with Crippen LogP contribution in [-0.2, 0) is 68.6 Å². The first-order valence-corrected chi connectivity index (χ1v) is 28.2. The molecule has 0 saturated carbocycles. The third kappa shape index (κ3) is 16.8. The number of ether oxygens (including phenoxy) is 3. The second-order valence-electron chi connectivity index (χ2n) is 23.2. The van der Waals surface area contributed by atoms with Gasteiger partial charge in [0.2, 0.25) is 41.2 Å². The zero-order chi connectivity index (χ0) is 59.3. The van der Waals surface area contributed by atoms with Crippen LogP contribution in [0.15, 0.2) is 24.3 Å². The molecule has 1 aromatic rings. The van der Waals surface area contributed by atoms with Crippen molar-refractivity contribution < 1.29 is 67.0 Å². The average molecular weight is 1110 g/mol. The molecule has 3 aliphatic heterocycles. The summed E-state index contributed by atoms with van der Waals surface area (Å²) in [5, 5.41) is 8.61. The first kappa shape index (κ1) is 65.1. The number of amides is 7. The summed E-state index contributed by atoms with van der Waals surface area (Å²) in [6.45, 7) is 20.5. The number of nitrogens with one attached hydrogen (secondary N) is 3. The van der Waals surface area contributed by atoms with Gasteiger partial charge < -0.3 is 49.8 Å². The highest BCUT2D eigenvalue weighted by molar-refractivity contribution is 6.35. The first-order chi connectivity index (χ1) is 37.0. The Morgan fingerprint density at radius 3 is 2.04 bits per heavy atom. The number of methoxy groups -OCH3 is 1. The van der Waals surface area contributed by atoms with E-state index in [4.69, 9.17) is 14.2 Å². The topological polar surface area (TPSA) is 265 Å². The van der Waals surface area contributed by atoms with E-state index < -0.39 is 137 Å². The largest absolute Gasteiger partial charge is 0.497 e. The Kier molecular flexibility index (Phi) is 24.0. The van der Waals surface area contributed by atoms with E-state index in [2.05, 4.69) is 16.0 Å². The molecule has 3 heterocycles. The molecule has 3 N–H and O–H groups in total. The van der Waals surface area contributed by atoms with Crippen molar-refractivity contribution in [3.8, 4) is 5.75 Å². The van der Waals surface area contributed by atoms with Crippen LogP contribution >= 0.6 is 0 Å². The van der Waals surface area contributed by atoms with Crippen molar-refractivity contribution in [1.29, 1.82) is 0 Å². The number of Topliss-reactive ketones (excluding diaryl/α,β-unsaturated/α-hetero) is 2. The lowest BCUT2D eigenvalue weighted by Gasteiger charge is -2.36. The Balaban J connectivity index is 1.89. The number of nitrogens with zero attached hydrogens (tertiary/aromatic N) is 4. The molecule has 3 fully saturated rings. The van der Waals surface area contributed by atoms with Gasteiger partial charge in [-0.25, -0.2) is 4.79 Å². The number of likely N-dealkylation sites (N-methyl/N-ethyl adjacent to an activating group) is 2. The van der Waals surface area contributed by atoms with Crippen molar-refractivity contribution in [1.82, 2.24) is 35.6 Å². The zero-order valence-corrected chi connectivity index (χ0v) is 49.3. The van der Waals surface area contributed by atoms with Crippen LogP contribution < -0.4 is 20.7 Å². The molecule has 0 unspecified atom stereocenters. The SMILES string of the molecule is CC[C@H](C)[C@H]1NC(=O)[C@@H](NC(=O)[C@H](CC(C)C)N(C)C(=O)[C@@H]2CCCN2C(=O)C(C)=O)[C@@H](C)OC(=O)[C@H](Cc2ccc(OC)cc2)N(C)C(=O)[C@@H]2CCCN2C(=O)[C@H](CC(C)C)NC(=O)[C@@H](C)C(=O)[C@H](C(C)C)OC(=O)C[C@@H]1C. The third-order valence-electron chi connectivity index (χ3n) is 15.7. The van der Waals surface area contributed by atoms with Gasteiger partial charge in [-0.2, -0.15) is 0 Å². The van der Waals surface area contributed by atoms with E-state index in [-0.39, 0.29) is 69.4 Å². The van der Waals surface area contributed by atoms with Gasteiger partial charge >= 0.3 is 11.9 Å². The van der Waals surface area contributed by atoms with Crippen molar-refractivity contribution in [2.75, 3.05) is 34.3 Å². The molecule has 79 heavy (non-hydrogen) atoms. The van der Waals surface area contributed by atoms with Crippen molar-refractivity contribution in [3.63, 3.8) is 0 Å². The van der Waals surface area contributed by atoms with Gasteiger partial charge in [0.05, 0.1) is 19.4 Å². The number of rotatable bonds is 15. The fourth-order valence-corrected chi connectivity index (χ4v) is 10.8. The number of hydrogen-bond acceptors (Lipinski definition) is 14. The lowest BCUT2D eigenvalue weighted by atomic mass is 9.86. The third-order valence-corrected chi connectivity index (χ3v) is 15.7. The highest BCUT2D eigenvalue weighted by atomic mass is 16.6. The van der Waals surface area contributed by atoms with E-state index in [9.17, 15) is 47.9 Å². The number of cyclic esters (lactones) is 2. The molecular weight excluding hydrogens is 1020 g/mol. The summed E-state index contributed by atoms with van der Waals surface area (Å²) in [6.07, 6.45) is -1.12. The van der Waals surface area contributed by atoms with E-state index in [1.54, 1.807) is 45.0 Å². The molecule has 0 aromatic heterocycles. The highest BCUT2D eigenvalue weighted by Crippen LogP contribution is 2.28. The molecule has 0 aliphatic carbocycles. The van der Waals surface area contributed by atoms with Crippen LogP contribution in [0.25, 0.3) is 0 Å². The summed E-state index contributed by atoms with van der Waals surface area (Å²) in [7, 11) is 4.34. The molecule has 440 valence electrons. The number of benzene rings is 1. The maximum Gasteiger partial charge on any atom is 0.329 e. The van der Waals surface area contributed by atoms with E-state index in [0.29, 0.717) is 30.6 Å². The van der Waals surface area contributed by atoms with E-state index >= 15 is 4.79 Å². The molecule has 7 amide bonds. The molecule has 4 rings (SSSR count). The molecule has 3 saturated heterocycles. The average Bonchev–Trinajstić information content (AvgIpc) is 4.13. The zero-order valence-electron chi connectivity index (χ0n) is 49.3. The minimum Gasteiger partial charge on any atom is -0.497 e. The van der Waals surface area contributed by atoms with E-state index in [1.165, 1.54) is 54.7 Å². The molecule has 0 bridgehead atoms. The molecule has 12 atom stereocenters. The van der Waals surface area contributed by atoms with Gasteiger partial charge in [0.1, 0.15) is 48.1 Å². The lowest BCUT2D eigenvalue weighted by Crippen LogP contribution is -2.61. The van der Waals surface area contributed by atoms with Gasteiger partial charge in [0.25, 0.3) is 5.91 Å². The van der Waals surface area contributed by atoms with Crippen LogP contribution in [0.2, 0.25) is 0 Å².